The lowest BCUT2D eigenvalue weighted by Gasteiger charge is -2.23. The minimum Gasteiger partial charge on any atom is -0.374 e. The smallest absolute Gasteiger partial charge is 0.244 e. The van der Waals surface area contributed by atoms with Crippen LogP contribution in [0.15, 0.2) is 54.6 Å². The third-order valence-electron chi connectivity index (χ3n) is 3.44. The van der Waals surface area contributed by atoms with Gasteiger partial charge >= 0.3 is 0 Å². The Hall–Kier alpha value is -2.29. The van der Waals surface area contributed by atoms with Gasteiger partial charge in [0, 0.05) is 19.3 Å². The van der Waals surface area contributed by atoms with E-state index >= 15 is 0 Å². The van der Waals surface area contributed by atoms with Crippen LogP contribution < -0.4 is 5.32 Å². The summed E-state index contributed by atoms with van der Waals surface area (Å²) in [5.74, 6) is 0.0828. The highest BCUT2D eigenvalue weighted by Gasteiger charge is 2.17. The lowest BCUT2D eigenvalue weighted by molar-refractivity contribution is -0.130. The Morgan fingerprint density at radius 3 is 2.33 bits per heavy atom. The van der Waals surface area contributed by atoms with E-state index in [1.165, 1.54) is 5.56 Å². The molecule has 2 aromatic carbocycles. The highest BCUT2D eigenvalue weighted by Crippen LogP contribution is 2.11. The zero-order valence-corrected chi connectivity index (χ0v) is 12.8. The van der Waals surface area contributed by atoms with E-state index in [4.69, 9.17) is 0 Å². The number of likely N-dealkylation sites (N-methyl/N-ethyl adjacent to an activating group) is 1. The molecular formula is C18H22N2O. The van der Waals surface area contributed by atoms with Crippen LogP contribution in [0.2, 0.25) is 0 Å². The van der Waals surface area contributed by atoms with Crippen molar-refractivity contribution < 1.29 is 4.79 Å². The number of carbonyl (C=O) groups excluding carboxylic acids is 1. The molecule has 110 valence electrons. The first-order valence-electron chi connectivity index (χ1n) is 7.18. The Kier molecular flexibility index (Phi) is 4.99. The van der Waals surface area contributed by atoms with Crippen molar-refractivity contribution in [2.45, 2.75) is 26.4 Å². The van der Waals surface area contributed by atoms with E-state index in [-0.39, 0.29) is 11.9 Å². The number of hydrogen-bond acceptors (Lipinski definition) is 2. The topological polar surface area (TPSA) is 32.3 Å². The number of nitrogens with one attached hydrogen (secondary N) is 1. The number of rotatable bonds is 5. The number of carbonyl (C=O) groups is 1. The molecule has 1 unspecified atom stereocenters. The molecule has 3 nitrogen and oxygen atoms in total. The van der Waals surface area contributed by atoms with Crippen molar-refractivity contribution in [3.05, 3.63) is 65.7 Å². The molecule has 2 aromatic rings. The summed E-state index contributed by atoms with van der Waals surface area (Å²) in [6, 6.07) is 17.8. The molecule has 1 atom stereocenters. The zero-order valence-electron chi connectivity index (χ0n) is 12.8. The van der Waals surface area contributed by atoms with Crippen LogP contribution in [-0.2, 0) is 11.3 Å². The van der Waals surface area contributed by atoms with E-state index in [9.17, 15) is 4.79 Å². The highest BCUT2D eigenvalue weighted by molar-refractivity contribution is 5.84. The van der Waals surface area contributed by atoms with Crippen LogP contribution in [-0.4, -0.2) is 23.9 Å². The van der Waals surface area contributed by atoms with Crippen molar-refractivity contribution in [2.24, 2.45) is 0 Å². The van der Waals surface area contributed by atoms with E-state index < -0.39 is 0 Å². The summed E-state index contributed by atoms with van der Waals surface area (Å²) in [6.07, 6.45) is 0. The third-order valence-corrected chi connectivity index (χ3v) is 3.44. The van der Waals surface area contributed by atoms with Crippen LogP contribution in [0.3, 0.4) is 0 Å². The predicted octanol–water partition coefficient (Wildman–Crippen LogP) is 3.45. The van der Waals surface area contributed by atoms with E-state index in [0.29, 0.717) is 6.54 Å². The number of aryl methyl sites for hydroxylation is 1. The second-order valence-corrected chi connectivity index (χ2v) is 5.41. The molecule has 0 radical (unpaired) electrons. The first kappa shape index (κ1) is 15.1. The van der Waals surface area contributed by atoms with Gasteiger partial charge in [0.1, 0.15) is 6.04 Å². The van der Waals surface area contributed by atoms with Gasteiger partial charge in [0.15, 0.2) is 0 Å². The molecule has 0 saturated carbocycles. The fourth-order valence-electron chi connectivity index (χ4n) is 2.23. The third kappa shape index (κ3) is 4.35. The van der Waals surface area contributed by atoms with Gasteiger partial charge in [-0.1, -0.05) is 48.0 Å². The number of hydrogen-bond donors (Lipinski definition) is 1. The monoisotopic (exact) mass is 282 g/mol. The van der Waals surface area contributed by atoms with Gasteiger partial charge in [-0.15, -0.1) is 0 Å². The van der Waals surface area contributed by atoms with Gasteiger partial charge in [-0.2, -0.15) is 0 Å². The van der Waals surface area contributed by atoms with Gasteiger partial charge in [-0.3, -0.25) is 4.79 Å². The van der Waals surface area contributed by atoms with Crippen LogP contribution in [0.4, 0.5) is 5.69 Å². The molecule has 0 aliphatic carbocycles. The summed E-state index contributed by atoms with van der Waals surface area (Å²) in [7, 11) is 1.84. The quantitative estimate of drug-likeness (QED) is 0.911. The molecule has 2 rings (SSSR count). The SMILES string of the molecule is Cc1ccc(NC(C)C(=O)N(C)Cc2ccccc2)cc1. The fraction of sp³-hybridized carbons (Fsp3) is 0.278. The van der Waals surface area contributed by atoms with Crippen molar-refractivity contribution in [3.8, 4) is 0 Å². The number of anilines is 1. The van der Waals surface area contributed by atoms with Crippen molar-refractivity contribution in [1.82, 2.24) is 4.90 Å². The van der Waals surface area contributed by atoms with Gasteiger partial charge < -0.3 is 10.2 Å². The molecule has 3 heteroatoms. The Labute approximate surface area is 126 Å². The van der Waals surface area contributed by atoms with Gasteiger partial charge in [-0.25, -0.2) is 0 Å². The maximum atomic E-state index is 12.4. The Balaban J connectivity index is 1.93. The molecule has 0 spiro atoms. The summed E-state index contributed by atoms with van der Waals surface area (Å²) in [4.78, 5) is 14.1. The number of benzene rings is 2. The largest absolute Gasteiger partial charge is 0.374 e. The second-order valence-electron chi connectivity index (χ2n) is 5.41. The fourth-order valence-corrected chi connectivity index (χ4v) is 2.23. The van der Waals surface area contributed by atoms with Gasteiger partial charge in [-0.05, 0) is 31.5 Å². The molecule has 0 aliphatic heterocycles. The van der Waals surface area contributed by atoms with Crippen molar-refractivity contribution >= 4 is 11.6 Å². The first-order valence-corrected chi connectivity index (χ1v) is 7.18. The second kappa shape index (κ2) is 6.93. The Morgan fingerprint density at radius 1 is 1.10 bits per heavy atom. The Morgan fingerprint density at radius 2 is 1.71 bits per heavy atom. The maximum Gasteiger partial charge on any atom is 0.244 e. The average Bonchev–Trinajstić information content (AvgIpc) is 2.49. The van der Waals surface area contributed by atoms with Gasteiger partial charge in [0.2, 0.25) is 5.91 Å². The standard InChI is InChI=1S/C18H22N2O/c1-14-9-11-17(12-10-14)19-15(2)18(21)20(3)13-16-7-5-4-6-8-16/h4-12,15,19H,13H2,1-3H3. The molecule has 1 amide bonds. The molecular weight excluding hydrogens is 260 g/mol. The predicted molar refractivity (Wildman–Crippen MR) is 87.2 cm³/mol. The van der Waals surface area contributed by atoms with E-state index in [1.807, 2.05) is 75.5 Å². The normalized spacial score (nSPS) is 11.8. The van der Waals surface area contributed by atoms with Gasteiger partial charge in [0.05, 0.1) is 0 Å². The van der Waals surface area contributed by atoms with Crippen LogP contribution in [0, 0.1) is 6.92 Å². The van der Waals surface area contributed by atoms with Crippen LogP contribution >= 0.6 is 0 Å². The molecule has 0 heterocycles. The van der Waals surface area contributed by atoms with Crippen LogP contribution in [0.25, 0.3) is 0 Å². The van der Waals surface area contributed by atoms with E-state index in [2.05, 4.69) is 5.32 Å². The number of nitrogens with zero attached hydrogens (tertiary/aromatic N) is 1. The molecule has 0 saturated heterocycles. The molecule has 1 N–H and O–H groups in total. The molecule has 0 bridgehead atoms. The maximum absolute atomic E-state index is 12.4. The zero-order chi connectivity index (χ0) is 15.2. The van der Waals surface area contributed by atoms with E-state index in [1.54, 1.807) is 4.90 Å². The van der Waals surface area contributed by atoms with E-state index in [0.717, 1.165) is 11.3 Å². The summed E-state index contributed by atoms with van der Waals surface area (Å²) >= 11 is 0. The minimum absolute atomic E-state index is 0.0828. The molecule has 0 fully saturated rings. The first-order chi connectivity index (χ1) is 10.1. The minimum atomic E-state index is -0.249. The summed E-state index contributed by atoms with van der Waals surface area (Å²) in [6.45, 7) is 4.56. The van der Waals surface area contributed by atoms with Crippen molar-refractivity contribution in [3.63, 3.8) is 0 Å². The lowest BCUT2D eigenvalue weighted by atomic mass is 10.2. The molecule has 21 heavy (non-hydrogen) atoms. The van der Waals surface area contributed by atoms with Crippen LogP contribution in [0.5, 0.6) is 0 Å². The van der Waals surface area contributed by atoms with Crippen LogP contribution in [0.1, 0.15) is 18.1 Å². The van der Waals surface area contributed by atoms with Crippen molar-refractivity contribution in [2.75, 3.05) is 12.4 Å². The number of amides is 1. The lowest BCUT2D eigenvalue weighted by Crippen LogP contribution is -2.38. The summed E-state index contributed by atoms with van der Waals surface area (Å²) in [5.41, 5.74) is 3.31. The average molecular weight is 282 g/mol. The molecule has 0 aliphatic rings. The molecule has 0 aromatic heterocycles. The Bertz CT molecular complexity index is 578. The van der Waals surface area contributed by atoms with Gasteiger partial charge in [0.25, 0.3) is 0 Å². The van der Waals surface area contributed by atoms with Crippen molar-refractivity contribution in [1.29, 1.82) is 0 Å². The summed E-state index contributed by atoms with van der Waals surface area (Å²) < 4.78 is 0. The summed E-state index contributed by atoms with van der Waals surface area (Å²) in [5, 5.41) is 3.24. The highest BCUT2D eigenvalue weighted by atomic mass is 16.2.